The monoisotopic (exact) mass is 291 g/mol. The van der Waals surface area contributed by atoms with Crippen LogP contribution < -0.4 is 10.2 Å². The lowest BCUT2D eigenvalue weighted by Gasteiger charge is -2.39. The van der Waals surface area contributed by atoms with Gasteiger partial charge in [-0.1, -0.05) is 19.9 Å². The minimum absolute atomic E-state index is 0.173. The molecule has 1 N–H and O–H groups in total. The lowest BCUT2D eigenvalue weighted by atomic mass is 9.75. The number of para-hydroxylation sites is 1. The molecule has 0 unspecified atom stereocenters. The molecule has 1 aromatic rings. The van der Waals surface area contributed by atoms with Crippen molar-refractivity contribution >= 4 is 17.1 Å². The number of nitro groups is 1. The molecule has 0 spiro atoms. The molecule has 21 heavy (non-hydrogen) atoms. The summed E-state index contributed by atoms with van der Waals surface area (Å²) in [5.41, 5.74) is 1.85. The summed E-state index contributed by atoms with van der Waals surface area (Å²) >= 11 is 0. The highest BCUT2D eigenvalue weighted by Crippen LogP contribution is 2.41. The average molecular weight is 291 g/mol. The highest BCUT2D eigenvalue weighted by Gasteiger charge is 2.31. The Kier molecular flexibility index (Phi) is 4.40. The van der Waals surface area contributed by atoms with Gasteiger partial charge in [-0.15, -0.1) is 0 Å². The number of hydrogen-bond donors (Lipinski definition) is 1. The van der Waals surface area contributed by atoms with E-state index in [1.807, 2.05) is 19.2 Å². The number of benzene rings is 1. The summed E-state index contributed by atoms with van der Waals surface area (Å²) in [7, 11) is 3.69. The molecule has 1 aliphatic carbocycles. The van der Waals surface area contributed by atoms with Crippen LogP contribution in [-0.4, -0.2) is 25.1 Å². The van der Waals surface area contributed by atoms with Gasteiger partial charge in [0.2, 0.25) is 0 Å². The normalized spacial score (nSPS) is 18.3. The Labute approximate surface area is 126 Å². The van der Waals surface area contributed by atoms with Gasteiger partial charge >= 0.3 is 5.69 Å². The van der Waals surface area contributed by atoms with Crippen molar-refractivity contribution in [3.8, 4) is 0 Å². The number of rotatable bonds is 4. The minimum atomic E-state index is -0.287. The highest BCUT2D eigenvalue weighted by molar-refractivity contribution is 5.77. The summed E-state index contributed by atoms with van der Waals surface area (Å²) in [6.07, 6.45) is 4.51. The fourth-order valence-electron chi connectivity index (χ4n) is 3.18. The second kappa shape index (κ2) is 5.92. The van der Waals surface area contributed by atoms with Crippen molar-refractivity contribution in [1.82, 2.24) is 0 Å². The minimum Gasteiger partial charge on any atom is -0.382 e. The van der Waals surface area contributed by atoms with E-state index in [2.05, 4.69) is 24.1 Å². The van der Waals surface area contributed by atoms with Crippen LogP contribution >= 0.6 is 0 Å². The first-order valence-corrected chi connectivity index (χ1v) is 7.54. The number of anilines is 2. The zero-order chi connectivity index (χ0) is 15.6. The first-order valence-electron chi connectivity index (χ1n) is 7.54. The average Bonchev–Trinajstić information content (AvgIpc) is 2.45. The second-order valence-electron chi connectivity index (χ2n) is 6.69. The Hall–Kier alpha value is -1.78. The molecule has 1 saturated carbocycles. The first kappa shape index (κ1) is 15.6. The third-order valence-corrected chi connectivity index (χ3v) is 4.70. The van der Waals surface area contributed by atoms with Crippen molar-refractivity contribution in [1.29, 1.82) is 0 Å². The third kappa shape index (κ3) is 3.28. The molecule has 2 rings (SSSR count). The molecule has 0 amide bonds. The van der Waals surface area contributed by atoms with Crippen LogP contribution in [0.4, 0.5) is 17.1 Å². The third-order valence-electron chi connectivity index (χ3n) is 4.70. The van der Waals surface area contributed by atoms with Crippen molar-refractivity contribution in [3.05, 3.63) is 28.3 Å². The molecule has 0 bridgehead atoms. The largest absolute Gasteiger partial charge is 0.382 e. The molecular formula is C16H25N3O2. The highest BCUT2D eigenvalue weighted by atomic mass is 16.6. The van der Waals surface area contributed by atoms with Gasteiger partial charge in [0.15, 0.2) is 0 Å². The van der Waals surface area contributed by atoms with E-state index in [0.29, 0.717) is 22.8 Å². The Balaban J connectivity index is 2.27. The van der Waals surface area contributed by atoms with Crippen molar-refractivity contribution < 1.29 is 4.92 Å². The lowest BCUT2D eigenvalue weighted by Crippen LogP contribution is -2.37. The Morgan fingerprint density at radius 2 is 1.95 bits per heavy atom. The number of nitrogens with one attached hydrogen (secondary N) is 1. The van der Waals surface area contributed by atoms with Crippen molar-refractivity contribution in [3.63, 3.8) is 0 Å². The van der Waals surface area contributed by atoms with E-state index in [1.165, 1.54) is 12.8 Å². The summed E-state index contributed by atoms with van der Waals surface area (Å²) in [4.78, 5) is 13.2. The molecule has 0 aromatic heterocycles. The molecule has 1 fully saturated rings. The van der Waals surface area contributed by atoms with Gasteiger partial charge in [-0.3, -0.25) is 10.1 Å². The smallest absolute Gasteiger partial charge is 0.315 e. The van der Waals surface area contributed by atoms with Gasteiger partial charge in [-0.25, -0.2) is 0 Å². The summed E-state index contributed by atoms with van der Waals surface area (Å²) in [5, 5.41) is 14.4. The van der Waals surface area contributed by atoms with Gasteiger partial charge < -0.3 is 10.2 Å². The van der Waals surface area contributed by atoms with E-state index < -0.39 is 0 Å². The van der Waals surface area contributed by atoms with E-state index in [0.717, 1.165) is 12.8 Å². The van der Waals surface area contributed by atoms with Gasteiger partial charge in [0.1, 0.15) is 11.4 Å². The van der Waals surface area contributed by atoms with Gasteiger partial charge in [0.05, 0.1) is 4.92 Å². The predicted octanol–water partition coefficient (Wildman–Crippen LogP) is 4.04. The Bertz CT molecular complexity index is 518. The lowest BCUT2D eigenvalue weighted by molar-refractivity contribution is -0.383. The number of nitrogens with zero attached hydrogens (tertiary/aromatic N) is 2. The van der Waals surface area contributed by atoms with Gasteiger partial charge in [0, 0.05) is 20.1 Å². The molecule has 0 atom stereocenters. The summed E-state index contributed by atoms with van der Waals surface area (Å²) in [5.74, 6) is 0. The summed E-state index contributed by atoms with van der Waals surface area (Å²) in [6, 6.07) is 5.85. The SMILES string of the molecule is CNc1cccc(N(C)C2CCC(C)(C)CC2)c1[N+](=O)[O-]. The molecular weight excluding hydrogens is 266 g/mol. The van der Waals surface area contributed by atoms with Crippen LogP contribution in [-0.2, 0) is 0 Å². The number of hydrogen-bond acceptors (Lipinski definition) is 4. The molecule has 0 radical (unpaired) electrons. The Morgan fingerprint density at radius 1 is 1.33 bits per heavy atom. The van der Waals surface area contributed by atoms with Crippen LogP contribution in [0.2, 0.25) is 0 Å². The summed E-state index contributed by atoms with van der Waals surface area (Å²) < 4.78 is 0. The molecule has 0 heterocycles. The van der Waals surface area contributed by atoms with Gasteiger partial charge in [-0.05, 0) is 43.2 Å². The molecule has 0 aliphatic heterocycles. The molecule has 116 valence electrons. The fourth-order valence-corrected chi connectivity index (χ4v) is 3.18. The first-order chi connectivity index (χ1) is 9.85. The van der Waals surface area contributed by atoms with Crippen LogP contribution in [0.3, 0.4) is 0 Å². The van der Waals surface area contributed by atoms with Crippen LogP contribution in [0, 0.1) is 15.5 Å². The topological polar surface area (TPSA) is 58.4 Å². The van der Waals surface area contributed by atoms with Gasteiger partial charge in [-0.2, -0.15) is 0 Å². The van der Waals surface area contributed by atoms with Crippen LogP contribution in [0.15, 0.2) is 18.2 Å². The van der Waals surface area contributed by atoms with Crippen molar-refractivity contribution in [2.45, 2.75) is 45.6 Å². The van der Waals surface area contributed by atoms with Gasteiger partial charge in [0.25, 0.3) is 0 Å². The maximum atomic E-state index is 11.4. The Morgan fingerprint density at radius 3 is 2.48 bits per heavy atom. The zero-order valence-electron chi connectivity index (χ0n) is 13.3. The fraction of sp³-hybridized carbons (Fsp3) is 0.625. The van der Waals surface area contributed by atoms with Crippen molar-refractivity contribution in [2.75, 3.05) is 24.3 Å². The quantitative estimate of drug-likeness (QED) is 0.672. The van der Waals surface area contributed by atoms with Crippen LogP contribution in [0.1, 0.15) is 39.5 Å². The van der Waals surface area contributed by atoms with Crippen LogP contribution in [0.5, 0.6) is 0 Å². The second-order valence-corrected chi connectivity index (χ2v) is 6.69. The standard InChI is InChI=1S/C16H25N3O2/c1-16(2)10-8-12(9-11-16)18(4)14-7-5-6-13(17-3)15(14)19(20)21/h5-7,12,17H,8-11H2,1-4H3. The predicted molar refractivity (Wildman–Crippen MR) is 87.1 cm³/mol. The van der Waals surface area contributed by atoms with E-state index in [4.69, 9.17) is 0 Å². The van der Waals surface area contributed by atoms with E-state index in [-0.39, 0.29) is 10.6 Å². The maximum Gasteiger partial charge on any atom is 0.315 e. The maximum absolute atomic E-state index is 11.4. The van der Waals surface area contributed by atoms with E-state index in [9.17, 15) is 10.1 Å². The molecule has 5 heteroatoms. The molecule has 5 nitrogen and oxygen atoms in total. The van der Waals surface area contributed by atoms with Crippen LogP contribution in [0.25, 0.3) is 0 Å². The van der Waals surface area contributed by atoms with Crippen molar-refractivity contribution in [2.24, 2.45) is 5.41 Å². The van der Waals surface area contributed by atoms with E-state index in [1.54, 1.807) is 13.1 Å². The molecule has 0 saturated heterocycles. The van der Waals surface area contributed by atoms with E-state index >= 15 is 0 Å². The number of nitro benzene ring substituents is 1. The molecule has 1 aliphatic rings. The summed E-state index contributed by atoms with van der Waals surface area (Å²) in [6.45, 7) is 4.60. The molecule has 1 aromatic carbocycles. The zero-order valence-corrected chi connectivity index (χ0v) is 13.3.